The van der Waals surface area contributed by atoms with E-state index < -0.39 is 4.92 Å². The summed E-state index contributed by atoms with van der Waals surface area (Å²) in [6, 6.07) is 12.9. The molecule has 0 N–H and O–H groups in total. The van der Waals surface area contributed by atoms with Crippen LogP contribution in [0.15, 0.2) is 48.5 Å². The van der Waals surface area contributed by atoms with Gasteiger partial charge in [-0.05, 0) is 49.1 Å². The second-order valence-corrected chi connectivity index (χ2v) is 7.42. The summed E-state index contributed by atoms with van der Waals surface area (Å²) >= 11 is 0. The number of nitrogens with zero attached hydrogens (tertiary/aromatic N) is 3. The number of benzene rings is 2. The Balaban J connectivity index is 1.64. The molecule has 154 valence electrons. The third kappa shape index (κ3) is 5.38. The van der Waals surface area contributed by atoms with Gasteiger partial charge in [0, 0.05) is 49.9 Å². The van der Waals surface area contributed by atoms with Crippen LogP contribution in [0.25, 0.3) is 0 Å². The number of nitro groups is 1. The molecule has 0 atom stereocenters. The molecule has 1 fully saturated rings. The highest BCUT2D eigenvalue weighted by Crippen LogP contribution is 2.26. The van der Waals surface area contributed by atoms with Crippen molar-refractivity contribution in [3.63, 3.8) is 0 Å². The number of halogens is 1. The minimum Gasteiger partial charge on any atom is -0.309 e. The van der Waals surface area contributed by atoms with Crippen LogP contribution >= 0.6 is 0 Å². The molecule has 1 heterocycles. The van der Waals surface area contributed by atoms with E-state index in [0.29, 0.717) is 6.42 Å². The molecule has 6 nitrogen and oxygen atoms in total. The summed E-state index contributed by atoms with van der Waals surface area (Å²) in [6.45, 7) is 4.37. The Kier molecular flexibility index (Phi) is 6.93. The number of piperidine rings is 1. The summed E-state index contributed by atoms with van der Waals surface area (Å²) in [5.41, 5.74) is 1.88. The summed E-state index contributed by atoms with van der Waals surface area (Å²) in [5.74, 6) is -0.234. The Labute approximate surface area is 170 Å². The molecular formula is C22H26FN3O3. The average Bonchev–Trinajstić information content (AvgIpc) is 2.71. The van der Waals surface area contributed by atoms with Crippen molar-refractivity contribution >= 4 is 17.3 Å². The quantitative estimate of drug-likeness (QED) is 0.507. The molecule has 0 radical (unpaired) electrons. The van der Waals surface area contributed by atoms with Crippen LogP contribution in [0.2, 0.25) is 0 Å². The molecule has 29 heavy (non-hydrogen) atoms. The topological polar surface area (TPSA) is 66.7 Å². The molecule has 0 unspecified atom stereocenters. The van der Waals surface area contributed by atoms with E-state index >= 15 is 0 Å². The first-order chi connectivity index (χ1) is 14.0. The van der Waals surface area contributed by atoms with E-state index in [9.17, 15) is 19.3 Å². The van der Waals surface area contributed by atoms with Crippen molar-refractivity contribution in [1.29, 1.82) is 0 Å². The van der Waals surface area contributed by atoms with E-state index in [4.69, 9.17) is 0 Å². The normalized spacial score (nSPS) is 15.2. The van der Waals surface area contributed by atoms with Crippen LogP contribution in [-0.4, -0.2) is 34.9 Å². The van der Waals surface area contributed by atoms with E-state index in [1.54, 1.807) is 24.3 Å². The van der Waals surface area contributed by atoms with Gasteiger partial charge in [0.2, 0.25) is 5.91 Å². The Morgan fingerprint density at radius 2 is 1.76 bits per heavy atom. The largest absolute Gasteiger partial charge is 0.309 e. The number of hydrogen-bond donors (Lipinski definition) is 0. The van der Waals surface area contributed by atoms with Gasteiger partial charge in [-0.2, -0.15) is 0 Å². The zero-order valence-electron chi connectivity index (χ0n) is 16.6. The third-order valence-electron chi connectivity index (χ3n) is 5.31. The van der Waals surface area contributed by atoms with Gasteiger partial charge in [-0.1, -0.05) is 19.1 Å². The molecule has 1 aliphatic heterocycles. The summed E-state index contributed by atoms with van der Waals surface area (Å²) < 4.78 is 13.3. The van der Waals surface area contributed by atoms with Gasteiger partial charge >= 0.3 is 0 Å². The van der Waals surface area contributed by atoms with Crippen molar-refractivity contribution in [2.24, 2.45) is 0 Å². The highest BCUT2D eigenvalue weighted by Gasteiger charge is 2.28. The van der Waals surface area contributed by atoms with Crippen molar-refractivity contribution in [2.45, 2.75) is 45.2 Å². The van der Waals surface area contributed by atoms with Gasteiger partial charge in [-0.3, -0.25) is 19.8 Å². The molecule has 0 aliphatic carbocycles. The monoisotopic (exact) mass is 399 g/mol. The van der Waals surface area contributed by atoms with Crippen molar-refractivity contribution in [2.75, 3.05) is 18.0 Å². The van der Waals surface area contributed by atoms with Crippen LogP contribution in [-0.2, 0) is 11.3 Å². The third-order valence-corrected chi connectivity index (χ3v) is 5.31. The number of rotatable bonds is 7. The molecular weight excluding hydrogens is 373 g/mol. The van der Waals surface area contributed by atoms with Crippen molar-refractivity contribution < 1.29 is 14.1 Å². The number of carbonyl (C=O) groups is 1. The number of nitro benzene ring substituents is 1. The molecule has 0 aromatic heterocycles. The number of non-ortho nitro benzene ring substituents is 1. The summed E-state index contributed by atoms with van der Waals surface area (Å²) in [4.78, 5) is 27.3. The van der Waals surface area contributed by atoms with E-state index in [1.807, 2.05) is 11.8 Å². The van der Waals surface area contributed by atoms with Gasteiger partial charge in [-0.15, -0.1) is 0 Å². The molecule has 0 saturated carbocycles. The van der Waals surface area contributed by atoms with Crippen molar-refractivity contribution in [3.05, 3.63) is 70.0 Å². The Hall–Kier alpha value is -2.80. The van der Waals surface area contributed by atoms with Crippen LogP contribution < -0.4 is 4.90 Å². The van der Waals surface area contributed by atoms with Crippen LogP contribution in [0.4, 0.5) is 15.8 Å². The number of likely N-dealkylation sites (tertiary alicyclic amines) is 1. The standard InChI is InChI=1S/C22H26FN3O3/c1-2-3-22(27)25(19-10-6-18(23)7-11-19)20-12-14-24(15-13-20)16-17-4-8-21(9-5-17)26(28)29/h4-11,20H,2-3,12-16H2,1H3. The first-order valence-electron chi connectivity index (χ1n) is 10.0. The molecule has 1 amide bonds. The van der Waals surface area contributed by atoms with Gasteiger partial charge in [0.1, 0.15) is 5.82 Å². The minimum absolute atomic E-state index is 0.0768. The lowest BCUT2D eigenvalue weighted by Crippen LogP contribution is -2.47. The van der Waals surface area contributed by atoms with Gasteiger partial charge in [0.05, 0.1) is 4.92 Å². The van der Waals surface area contributed by atoms with Gasteiger partial charge in [0.25, 0.3) is 5.69 Å². The fourth-order valence-corrected chi connectivity index (χ4v) is 3.81. The fraction of sp³-hybridized carbons (Fsp3) is 0.409. The highest BCUT2D eigenvalue weighted by atomic mass is 19.1. The summed E-state index contributed by atoms with van der Waals surface area (Å²) in [6.07, 6.45) is 2.91. The molecule has 2 aromatic rings. The Bertz CT molecular complexity index is 831. The minimum atomic E-state index is -0.396. The maximum atomic E-state index is 13.3. The van der Waals surface area contributed by atoms with E-state index in [1.165, 1.54) is 24.3 Å². The Morgan fingerprint density at radius 1 is 1.14 bits per heavy atom. The molecule has 3 rings (SSSR count). The molecule has 2 aromatic carbocycles. The number of hydrogen-bond acceptors (Lipinski definition) is 4. The highest BCUT2D eigenvalue weighted by molar-refractivity contribution is 5.93. The average molecular weight is 399 g/mol. The molecule has 7 heteroatoms. The maximum Gasteiger partial charge on any atom is 0.269 e. The SMILES string of the molecule is CCCC(=O)N(c1ccc(F)cc1)C1CCN(Cc2ccc([N+](=O)[O-])cc2)CC1. The Morgan fingerprint density at radius 3 is 2.31 bits per heavy atom. The van der Waals surface area contributed by atoms with Gasteiger partial charge < -0.3 is 4.90 Å². The number of anilines is 1. The first-order valence-corrected chi connectivity index (χ1v) is 10.0. The lowest BCUT2D eigenvalue weighted by molar-refractivity contribution is -0.384. The first kappa shape index (κ1) is 20.9. The van der Waals surface area contributed by atoms with Gasteiger partial charge in [0.15, 0.2) is 0 Å². The second kappa shape index (κ2) is 9.60. The predicted octanol–water partition coefficient (Wildman–Crippen LogP) is 4.53. The lowest BCUT2D eigenvalue weighted by Gasteiger charge is -2.38. The number of amides is 1. The summed E-state index contributed by atoms with van der Waals surface area (Å²) in [7, 11) is 0. The maximum absolute atomic E-state index is 13.3. The van der Waals surface area contributed by atoms with Crippen molar-refractivity contribution in [1.82, 2.24) is 4.90 Å². The van der Waals surface area contributed by atoms with Crippen molar-refractivity contribution in [3.8, 4) is 0 Å². The van der Waals surface area contributed by atoms with E-state index in [0.717, 1.165) is 50.1 Å². The van der Waals surface area contributed by atoms with Crippen LogP contribution in [0.1, 0.15) is 38.2 Å². The zero-order valence-corrected chi connectivity index (χ0v) is 16.6. The molecule has 0 spiro atoms. The fourth-order valence-electron chi connectivity index (χ4n) is 3.81. The van der Waals surface area contributed by atoms with Crippen LogP contribution in [0.5, 0.6) is 0 Å². The molecule has 1 saturated heterocycles. The van der Waals surface area contributed by atoms with E-state index in [2.05, 4.69) is 4.90 Å². The van der Waals surface area contributed by atoms with E-state index in [-0.39, 0.29) is 23.5 Å². The van der Waals surface area contributed by atoms with Gasteiger partial charge in [-0.25, -0.2) is 4.39 Å². The number of carbonyl (C=O) groups excluding carboxylic acids is 1. The smallest absolute Gasteiger partial charge is 0.269 e. The lowest BCUT2D eigenvalue weighted by atomic mass is 10.0. The van der Waals surface area contributed by atoms with Crippen LogP contribution in [0, 0.1) is 15.9 Å². The molecule has 1 aliphatic rings. The predicted molar refractivity (Wildman–Crippen MR) is 110 cm³/mol. The summed E-state index contributed by atoms with van der Waals surface area (Å²) in [5, 5.41) is 10.8. The van der Waals surface area contributed by atoms with Crippen LogP contribution in [0.3, 0.4) is 0 Å². The second-order valence-electron chi connectivity index (χ2n) is 7.42. The molecule has 0 bridgehead atoms. The zero-order chi connectivity index (χ0) is 20.8.